The molecular formula is C20H22BrN3O2S. The number of carbonyl (C=O) groups excluding carboxylic acids is 1. The summed E-state index contributed by atoms with van der Waals surface area (Å²) >= 11 is 5.04. The Morgan fingerprint density at radius 2 is 2.11 bits per heavy atom. The molecular weight excluding hydrogens is 426 g/mol. The van der Waals surface area contributed by atoms with E-state index in [9.17, 15) is 4.79 Å². The molecule has 1 aromatic heterocycles. The van der Waals surface area contributed by atoms with Crippen molar-refractivity contribution in [2.45, 2.75) is 19.9 Å². The number of fused-ring (bicyclic) bond motifs is 1. The molecule has 0 radical (unpaired) electrons. The fraction of sp³-hybridized carbons (Fsp3) is 0.300. The van der Waals surface area contributed by atoms with Crippen LogP contribution in [0.15, 0.2) is 46.9 Å². The molecule has 1 unspecified atom stereocenters. The Balaban J connectivity index is 1.67. The molecule has 1 heterocycles. The second-order valence-electron chi connectivity index (χ2n) is 6.10. The van der Waals surface area contributed by atoms with Crippen molar-refractivity contribution in [1.29, 1.82) is 0 Å². The Hall–Kier alpha value is -1.96. The lowest BCUT2D eigenvalue weighted by Gasteiger charge is -2.20. The van der Waals surface area contributed by atoms with Crippen LogP contribution in [0.3, 0.4) is 0 Å². The fourth-order valence-corrected chi connectivity index (χ4v) is 4.40. The van der Waals surface area contributed by atoms with Crippen LogP contribution in [0.1, 0.15) is 25.5 Å². The van der Waals surface area contributed by atoms with Gasteiger partial charge >= 0.3 is 0 Å². The van der Waals surface area contributed by atoms with Gasteiger partial charge in [-0.05, 0) is 59.6 Å². The van der Waals surface area contributed by atoms with Crippen LogP contribution in [0.25, 0.3) is 10.2 Å². The van der Waals surface area contributed by atoms with Crippen molar-refractivity contribution in [3.8, 4) is 5.75 Å². The zero-order valence-corrected chi connectivity index (χ0v) is 17.9. The Morgan fingerprint density at radius 3 is 2.78 bits per heavy atom. The number of likely N-dealkylation sites (N-methyl/N-ethyl adjacent to an activating group) is 1. The third kappa shape index (κ3) is 4.48. The average Bonchev–Trinajstić information content (AvgIpc) is 3.10. The minimum Gasteiger partial charge on any atom is -0.496 e. The lowest BCUT2D eigenvalue weighted by atomic mass is 10.1. The van der Waals surface area contributed by atoms with Gasteiger partial charge in [0.2, 0.25) is 5.91 Å². The van der Waals surface area contributed by atoms with Gasteiger partial charge in [-0.25, -0.2) is 4.98 Å². The molecule has 2 aromatic carbocycles. The predicted octanol–water partition coefficient (Wildman–Crippen LogP) is 4.77. The third-order valence-electron chi connectivity index (χ3n) is 4.37. The summed E-state index contributed by atoms with van der Waals surface area (Å²) < 4.78 is 7.25. The van der Waals surface area contributed by atoms with E-state index >= 15 is 0 Å². The molecule has 3 rings (SSSR count). The Labute approximate surface area is 171 Å². The number of benzene rings is 2. The van der Waals surface area contributed by atoms with Crippen molar-refractivity contribution in [3.63, 3.8) is 0 Å². The number of ether oxygens (including phenoxy) is 1. The van der Waals surface area contributed by atoms with Crippen molar-refractivity contribution in [3.05, 3.63) is 52.5 Å². The minimum atomic E-state index is 0.0102. The van der Waals surface area contributed by atoms with E-state index < -0.39 is 0 Å². The summed E-state index contributed by atoms with van der Waals surface area (Å²) in [6, 6.07) is 13.9. The number of halogens is 1. The summed E-state index contributed by atoms with van der Waals surface area (Å²) in [6.45, 7) is 4.83. The molecule has 0 fully saturated rings. The lowest BCUT2D eigenvalue weighted by molar-refractivity contribution is -0.117. The maximum atomic E-state index is 12.8. The Kier molecular flexibility index (Phi) is 6.46. The fourth-order valence-electron chi connectivity index (χ4n) is 2.80. The summed E-state index contributed by atoms with van der Waals surface area (Å²) in [5.74, 6) is 0.797. The first-order chi connectivity index (χ1) is 13.0. The minimum absolute atomic E-state index is 0.0102. The number of nitrogens with one attached hydrogen (secondary N) is 1. The van der Waals surface area contributed by atoms with Crippen LogP contribution >= 0.6 is 27.3 Å². The second kappa shape index (κ2) is 8.82. The molecule has 27 heavy (non-hydrogen) atoms. The number of thiazole rings is 1. The van der Waals surface area contributed by atoms with Crippen LogP contribution in [0.2, 0.25) is 0 Å². The summed E-state index contributed by atoms with van der Waals surface area (Å²) in [5.41, 5.74) is 2.01. The van der Waals surface area contributed by atoms with Crippen molar-refractivity contribution in [1.82, 2.24) is 10.3 Å². The van der Waals surface area contributed by atoms with Crippen LogP contribution in [-0.2, 0) is 4.79 Å². The largest absolute Gasteiger partial charge is 0.496 e. The monoisotopic (exact) mass is 447 g/mol. The van der Waals surface area contributed by atoms with E-state index in [4.69, 9.17) is 4.74 Å². The number of carbonyl (C=O) groups is 1. The molecule has 0 saturated carbocycles. The predicted molar refractivity (Wildman–Crippen MR) is 115 cm³/mol. The smallest absolute Gasteiger partial charge is 0.242 e. The van der Waals surface area contributed by atoms with Crippen LogP contribution in [-0.4, -0.2) is 31.1 Å². The van der Waals surface area contributed by atoms with Gasteiger partial charge < -0.3 is 10.1 Å². The van der Waals surface area contributed by atoms with Crippen LogP contribution in [0, 0.1) is 0 Å². The molecule has 7 heteroatoms. The molecule has 0 saturated heterocycles. The third-order valence-corrected chi connectivity index (χ3v) is 6.05. The van der Waals surface area contributed by atoms with E-state index in [2.05, 4.69) is 26.2 Å². The van der Waals surface area contributed by atoms with Gasteiger partial charge in [0, 0.05) is 12.6 Å². The summed E-state index contributed by atoms with van der Waals surface area (Å²) in [4.78, 5) is 19.1. The van der Waals surface area contributed by atoms with Gasteiger partial charge in [-0.15, -0.1) is 0 Å². The Bertz CT molecular complexity index is 911. The molecule has 3 aromatic rings. The van der Waals surface area contributed by atoms with Gasteiger partial charge in [-0.3, -0.25) is 9.69 Å². The summed E-state index contributed by atoms with van der Waals surface area (Å²) in [5, 5.41) is 4.05. The average molecular weight is 448 g/mol. The van der Waals surface area contributed by atoms with Crippen LogP contribution < -0.4 is 15.0 Å². The maximum absolute atomic E-state index is 12.8. The molecule has 5 nitrogen and oxygen atoms in total. The topological polar surface area (TPSA) is 54.5 Å². The van der Waals surface area contributed by atoms with Gasteiger partial charge in [0.25, 0.3) is 0 Å². The molecule has 0 aliphatic rings. The SMILES string of the molecule is CCN(C(=O)CNC(C)c1ccc(OC)c(Br)c1)c1nc2ccccc2s1. The molecule has 0 aliphatic heterocycles. The maximum Gasteiger partial charge on any atom is 0.242 e. The van der Waals surface area contributed by atoms with E-state index in [1.165, 1.54) is 0 Å². The normalized spacial score (nSPS) is 12.1. The molecule has 1 N–H and O–H groups in total. The van der Waals surface area contributed by atoms with Crippen molar-refractivity contribution in [2.75, 3.05) is 25.1 Å². The summed E-state index contributed by atoms with van der Waals surface area (Å²) in [6.07, 6.45) is 0. The standard InChI is InChI=1S/C20H22BrN3O2S/c1-4-24(20-23-16-7-5-6-8-18(16)27-20)19(25)12-22-13(2)14-9-10-17(26-3)15(21)11-14/h5-11,13,22H,4,12H2,1-3H3. The number of anilines is 1. The van der Waals surface area contributed by atoms with E-state index in [1.54, 1.807) is 23.3 Å². The van der Waals surface area contributed by atoms with Crippen LogP contribution in [0.5, 0.6) is 5.75 Å². The van der Waals surface area contributed by atoms with Gasteiger partial charge in [0.1, 0.15) is 5.75 Å². The highest BCUT2D eigenvalue weighted by molar-refractivity contribution is 9.10. The lowest BCUT2D eigenvalue weighted by Crippen LogP contribution is -2.38. The number of methoxy groups -OCH3 is 1. The molecule has 142 valence electrons. The Morgan fingerprint density at radius 1 is 1.33 bits per heavy atom. The highest BCUT2D eigenvalue weighted by atomic mass is 79.9. The first-order valence-corrected chi connectivity index (χ1v) is 10.4. The zero-order valence-electron chi connectivity index (χ0n) is 15.5. The molecule has 1 amide bonds. The quantitative estimate of drug-likeness (QED) is 0.566. The number of nitrogens with zero attached hydrogens (tertiary/aromatic N) is 2. The molecule has 0 bridgehead atoms. The number of amides is 1. The number of aromatic nitrogens is 1. The van der Waals surface area contributed by atoms with E-state index in [-0.39, 0.29) is 18.5 Å². The van der Waals surface area contributed by atoms with Gasteiger partial charge in [-0.2, -0.15) is 0 Å². The van der Waals surface area contributed by atoms with E-state index in [0.29, 0.717) is 6.54 Å². The first kappa shape index (κ1) is 19.8. The van der Waals surface area contributed by atoms with Crippen molar-refractivity contribution in [2.24, 2.45) is 0 Å². The first-order valence-electron chi connectivity index (χ1n) is 8.76. The van der Waals surface area contributed by atoms with Crippen molar-refractivity contribution >= 4 is 48.5 Å². The number of rotatable bonds is 7. The highest BCUT2D eigenvalue weighted by Crippen LogP contribution is 2.29. The van der Waals surface area contributed by atoms with Gasteiger partial charge in [-0.1, -0.05) is 29.5 Å². The van der Waals surface area contributed by atoms with Gasteiger partial charge in [0.05, 0.1) is 28.3 Å². The molecule has 0 spiro atoms. The van der Waals surface area contributed by atoms with Crippen molar-refractivity contribution < 1.29 is 9.53 Å². The van der Waals surface area contributed by atoms with E-state index in [0.717, 1.165) is 31.1 Å². The van der Waals surface area contributed by atoms with Crippen LogP contribution in [0.4, 0.5) is 5.13 Å². The second-order valence-corrected chi connectivity index (χ2v) is 7.96. The molecule has 0 aliphatic carbocycles. The highest BCUT2D eigenvalue weighted by Gasteiger charge is 2.19. The summed E-state index contributed by atoms with van der Waals surface area (Å²) in [7, 11) is 1.64. The van der Waals surface area contributed by atoms with Gasteiger partial charge in [0.15, 0.2) is 5.13 Å². The number of hydrogen-bond acceptors (Lipinski definition) is 5. The number of hydrogen-bond donors (Lipinski definition) is 1. The molecule has 1 atom stereocenters. The number of para-hydroxylation sites is 1. The zero-order chi connectivity index (χ0) is 19.4. The van der Waals surface area contributed by atoms with E-state index in [1.807, 2.05) is 56.3 Å².